The number of hydrogen-bond donors (Lipinski definition) is 1. The molecule has 0 radical (unpaired) electrons. The van der Waals surface area contributed by atoms with Crippen LogP contribution in [0.1, 0.15) is 42.9 Å². The molecule has 4 heteroatoms. The third kappa shape index (κ3) is 3.02. The smallest absolute Gasteiger partial charge is 0.271 e. The molecular formula is C23H29N2O2+. The number of β-amino-alcohol motifs (C(OH)–C–C–N with tert-alkyl or cyclic N) is 1. The molecule has 0 bridgehead atoms. The van der Waals surface area contributed by atoms with Crippen molar-refractivity contribution in [3.8, 4) is 5.75 Å². The van der Waals surface area contributed by atoms with Crippen LogP contribution in [0.5, 0.6) is 5.75 Å². The summed E-state index contributed by atoms with van der Waals surface area (Å²) in [6.45, 7) is 8.40. The average molecular weight is 365 g/mol. The van der Waals surface area contributed by atoms with Crippen LogP contribution >= 0.6 is 0 Å². The summed E-state index contributed by atoms with van der Waals surface area (Å²) in [5.74, 6) is 2.09. The van der Waals surface area contributed by atoms with Crippen LogP contribution in [0.15, 0.2) is 42.5 Å². The lowest BCUT2D eigenvalue weighted by Gasteiger charge is -2.24. The molecule has 4 rings (SSSR count). The molecule has 0 amide bonds. The number of amidine groups is 1. The molecule has 0 aromatic heterocycles. The minimum Gasteiger partial charge on any atom is -0.494 e. The molecule has 0 saturated heterocycles. The van der Waals surface area contributed by atoms with Crippen LogP contribution in [0.3, 0.4) is 0 Å². The molecule has 0 fully saturated rings. The zero-order valence-corrected chi connectivity index (χ0v) is 16.5. The van der Waals surface area contributed by atoms with E-state index in [9.17, 15) is 5.11 Å². The fraction of sp³-hybridized carbons (Fsp3) is 0.435. The van der Waals surface area contributed by atoms with Gasteiger partial charge in [0.2, 0.25) is 0 Å². The van der Waals surface area contributed by atoms with Gasteiger partial charge in [-0.05, 0) is 75.1 Å². The Balaban J connectivity index is 1.76. The summed E-state index contributed by atoms with van der Waals surface area (Å²) >= 11 is 0. The van der Waals surface area contributed by atoms with Gasteiger partial charge in [0.25, 0.3) is 11.6 Å². The maximum atomic E-state index is 11.8. The van der Waals surface area contributed by atoms with Crippen molar-refractivity contribution in [2.75, 3.05) is 24.6 Å². The number of benzene rings is 2. The third-order valence-corrected chi connectivity index (χ3v) is 5.97. The molecule has 2 aromatic rings. The van der Waals surface area contributed by atoms with E-state index in [2.05, 4.69) is 41.5 Å². The number of nitrogens with zero attached hydrogens (tertiary/aromatic N) is 2. The van der Waals surface area contributed by atoms with E-state index in [1.807, 2.05) is 31.2 Å². The number of rotatable bonds is 4. The van der Waals surface area contributed by atoms with Crippen LogP contribution in [-0.2, 0) is 5.72 Å². The Labute approximate surface area is 161 Å². The number of hydrogen-bond acceptors (Lipinski definition) is 3. The molecule has 0 unspecified atom stereocenters. The van der Waals surface area contributed by atoms with Crippen molar-refractivity contribution in [2.24, 2.45) is 0 Å². The van der Waals surface area contributed by atoms with Gasteiger partial charge < -0.3 is 9.84 Å². The van der Waals surface area contributed by atoms with Crippen LogP contribution in [-0.4, -0.2) is 35.2 Å². The molecule has 1 atom stereocenters. The molecule has 27 heavy (non-hydrogen) atoms. The summed E-state index contributed by atoms with van der Waals surface area (Å²) in [6, 6.07) is 14.4. The average Bonchev–Trinajstić information content (AvgIpc) is 2.99. The fourth-order valence-corrected chi connectivity index (χ4v) is 4.38. The monoisotopic (exact) mass is 365 g/mol. The minimum absolute atomic E-state index is 0.556. The summed E-state index contributed by atoms with van der Waals surface area (Å²) in [4.78, 5) is 2.33. The molecule has 0 aliphatic carbocycles. The lowest BCUT2D eigenvalue weighted by molar-refractivity contribution is -0.661. The first-order valence-electron chi connectivity index (χ1n) is 9.97. The lowest BCUT2D eigenvalue weighted by atomic mass is 10.0. The van der Waals surface area contributed by atoms with Crippen molar-refractivity contribution in [1.82, 2.24) is 0 Å². The minimum atomic E-state index is -1.00. The van der Waals surface area contributed by atoms with Gasteiger partial charge in [0.15, 0.2) is 6.54 Å². The second-order valence-corrected chi connectivity index (χ2v) is 7.60. The number of aliphatic hydroxyl groups is 1. The summed E-state index contributed by atoms with van der Waals surface area (Å²) in [6.07, 6.45) is 3.29. The Morgan fingerprint density at radius 1 is 1.11 bits per heavy atom. The zero-order chi connectivity index (χ0) is 19.0. The van der Waals surface area contributed by atoms with Gasteiger partial charge in [-0.3, -0.25) is 0 Å². The van der Waals surface area contributed by atoms with Gasteiger partial charge in [-0.25, -0.2) is 9.48 Å². The van der Waals surface area contributed by atoms with E-state index in [-0.39, 0.29) is 0 Å². The fourth-order valence-electron chi connectivity index (χ4n) is 4.38. The van der Waals surface area contributed by atoms with Crippen molar-refractivity contribution in [1.29, 1.82) is 0 Å². The van der Waals surface area contributed by atoms with Crippen LogP contribution < -0.4 is 9.64 Å². The maximum absolute atomic E-state index is 11.8. The van der Waals surface area contributed by atoms with Gasteiger partial charge >= 0.3 is 0 Å². The third-order valence-electron chi connectivity index (χ3n) is 5.97. The van der Waals surface area contributed by atoms with Crippen molar-refractivity contribution < 1.29 is 14.4 Å². The lowest BCUT2D eigenvalue weighted by Crippen LogP contribution is -2.41. The van der Waals surface area contributed by atoms with E-state index < -0.39 is 5.72 Å². The highest BCUT2D eigenvalue weighted by molar-refractivity contribution is 5.96. The normalized spacial score (nSPS) is 22.1. The molecule has 2 aliphatic heterocycles. The van der Waals surface area contributed by atoms with E-state index in [1.165, 1.54) is 29.1 Å². The highest BCUT2D eigenvalue weighted by atomic mass is 16.5. The number of ether oxygens (including phenoxy) is 1. The van der Waals surface area contributed by atoms with Gasteiger partial charge in [0.1, 0.15) is 11.4 Å². The topological polar surface area (TPSA) is 35.7 Å². The maximum Gasteiger partial charge on any atom is 0.271 e. The van der Waals surface area contributed by atoms with Gasteiger partial charge in [-0.2, -0.15) is 0 Å². The Hall–Kier alpha value is -2.33. The number of anilines is 1. The first kappa shape index (κ1) is 18.1. The van der Waals surface area contributed by atoms with Crippen molar-refractivity contribution in [3.05, 3.63) is 59.2 Å². The van der Waals surface area contributed by atoms with Gasteiger partial charge in [0.05, 0.1) is 13.2 Å². The molecular weight excluding hydrogens is 336 g/mol. The molecule has 0 spiro atoms. The van der Waals surface area contributed by atoms with E-state index >= 15 is 0 Å². The quantitative estimate of drug-likeness (QED) is 0.833. The molecule has 2 aromatic carbocycles. The summed E-state index contributed by atoms with van der Waals surface area (Å²) in [5.41, 5.74) is 3.70. The van der Waals surface area contributed by atoms with Crippen LogP contribution in [0.2, 0.25) is 0 Å². The largest absolute Gasteiger partial charge is 0.494 e. The first-order chi connectivity index (χ1) is 13.0. The Bertz CT molecular complexity index is 872. The van der Waals surface area contributed by atoms with Crippen LogP contribution in [0, 0.1) is 13.8 Å². The standard InChI is InChI=1S/C23H29N2O2/c1-4-27-20-13-11-19(12-14-20)23(26)16-24(22-10-5-6-15-25(22)23)21-9-7-8-17(2)18(21)3/h7-9,11-14,26H,4-6,10,15-16H2,1-3H3/q+1/t23-/m0/s1. The summed E-state index contributed by atoms with van der Waals surface area (Å²) < 4.78 is 7.79. The van der Waals surface area contributed by atoms with Gasteiger partial charge in [0, 0.05) is 12.0 Å². The predicted octanol–water partition coefficient (Wildman–Crippen LogP) is 3.96. The van der Waals surface area contributed by atoms with Crippen molar-refractivity contribution in [3.63, 3.8) is 0 Å². The van der Waals surface area contributed by atoms with Crippen molar-refractivity contribution in [2.45, 2.75) is 45.8 Å². The molecule has 2 aliphatic rings. The first-order valence-corrected chi connectivity index (χ1v) is 9.97. The predicted molar refractivity (Wildman–Crippen MR) is 109 cm³/mol. The molecule has 1 N–H and O–H groups in total. The zero-order valence-electron chi connectivity index (χ0n) is 16.5. The number of aryl methyl sites for hydroxylation is 1. The molecule has 142 valence electrons. The molecule has 0 saturated carbocycles. The van der Waals surface area contributed by atoms with Crippen LogP contribution in [0.4, 0.5) is 5.69 Å². The van der Waals surface area contributed by atoms with Crippen LogP contribution in [0.25, 0.3) is 0 Å². The van der Waals surface area contributed by atoms with E-state index in [0.717, 1.165) is 30.7 Å². The molecule has 2 heterocycles. The van der Waals surface area contributed by atoms with E-state index in [1.54, 1.807) is 0 Å². The summed E-state index contributed by atoms with van der Waals surface area (Å²) in [5, 5.41) is 11.8. The highest BCUT2D eigenvalue weighted by Gasteiger charge is 2.52. The molecule has 4 nitrogen and oxygen atoms in total. The SMILES string of the molecule is CCOc1ccc([C@@]2(O)CN(c3cccc(C)c3C)C3=[N+]2CCCC3)cc1. The van der Waals surface area contributed by atoms with Crippen molar-refractivity contribution >= 4 is 11.5 Å². The highest BCUT2D eigenvalue weighted by Crippen LogP contribution is 2.37. The summed E-state index contributed by atoms with van der Waals surface area (Å²) in [7, 11) is 0. The Morgan fingerprint density at radius 3 is 2.63 bits per heavy atom. The Morgan fingerprint density at radius 2 is 1.89 bits per heavy atom. The van der Waals surface area contributed by atoms with Gasteiger partial charge in [-0.1, -0.05) is 12.1 Å². The van der Waals surface area contributed by atoms with E-state index in [0.29, 0.717) is 13.2 Å². The Kier molecular flexibility index (Phi) is 4.68. The van der Waals surface area contributed by atoms with Gasteiger partial charge in [-0.15, -0.1) is 0 Å². The second kappa shape index (κ2) is 7.01. The second-order valence-electron chi connectivity index (χ2n) is 7.60. The van der Waals surface area contributed by atoms with E-state index in [4.69, 9.17) is 4.74 Å².